The summed E-state index contributed by atoms with van der Waals surface area (Å²) in [4.78, 5) is 70.2. The number of aromatic nitrogens is 4. The number of aliphatic hydroxyl groups is 2. The van der Waals surface area contributed by atoms with Gasteiger partial charge in [-0.25, -0.2) is 23.5 Å². The van der Waals surface area contributed by atoms with Crippen molar-refractivity contribution in [1.82, 2.24) is 19.1 Å². The molecule has 17 heteroatoms. The van der Waals surface area contributed by atoms with Crippen LogP contribution in [0.4, 0.5) is 14.5 Å². The summed E-state index contributed by atoms with van der Waals surface area (Å²) in [5, 5.41) is 34.1. The van der Waals surface area contributed by atoms with E-state index < -0.39 is 39.7 Å². The van der Waals surface area contributed by atoms with E-state index in [0.717, 1.165) is 12.1 Å². The van der Waals surface area contributed by atoms with E-state index in [1.807, 2.05) is 0 Å². The highest BCUT2D eigenvalue weighted by Crippen LogP contribution is 2.41. The van der Waals surface area contributed by atoms with Crippen LogP contribution < -0.4 is 11.1 Å². The van der Waals surface area contributed by atoms with Gasteiger partial charge in [-0.05, 0) is 54.8 Å². The van der Waals surface area contributed by atoms with Crippen molar-refractivity contribution in [3.05, 3.63) is 130 Å². The molecule has 58 heavy (non-hydrogen) atoms. The van der Waals surface area contributed by atoms with Gasteiger partial charge in [-0.15, -0.1) is 0 Å². The van der Waals surface area contributed by atoms with Gasteiger partial charge in [0, 0.05) is 34.2 Å². The van der Waals surface area contributed by atoms with Crippen molar-refractivity contribution < 1.29 is 43.0 Å². The lowest BCUT2D eigenvalue weighted by atomic mass is 9.85. The molecule has 0 spiro atoms. The first-order valence-corrected chi connectivity index (χ1v) is 18.3. The van der Waals surface area contributed by atoms with Crippen molar-refractivity contribution in [1.29, 1.82) is 0 Å². The molecule has 2 aromatic carbocycles. The minimum atomic E-state index is -1.89. The van der Waals surface area contributed by atoms with Gasteiger partial charge in [-0.3, -0.25) is 24.5 Å². The number of nitrogens with zero attached hydrogens (tertiary/aromatic N) is 5. The van der Waals surface area contributed by atoms with Crippen LogP contribution >= 0.6 is 0 Å². The van der Waals surface area contributed by atoms with Gasteiger partial charge in [0.1, 0.15) is 18.8 Å². The van der Waals surface area contributed by atoms with Crippen LogP contribution in [0.15, 0.2) is 64.2 Å². The summed E-state index contributed by atoms with van der Waals surface area (Å²) in [7, 11) is 0. The van der Waals surface area contributed by atoms with Crippen molar-refractivity contribution in [2.45, 2.75) is 70.6 Å². The van der Waals surface area contributed by atoms with Gasteiger partial charge in [0.2, 0.25) is 0 Å². The lowest BCUT2D eigenvalue weighted by Gasteiger charge is -2.31. The van der Waals surface area contributed by atoms with Crippen LogP contribution in [0.1, 0.15) is 66.5 Å². The molecular weight excluding hydrogens is 760 g/mol. The fourth-order valence-corrected chi connectivity index (χ4v) is 8.32. The fourth-order valence-electron chi connectivity index (χ4n) is 8.32. The third kappa shape index (κ3) is 5.37. The van der Waals surface area contributed by atoms with E-state index in [1.54, 1.807) is 50.2 Å². The van der Waals surface area contributed by atoms with E-state index in [-0.39, 0.29) is 84.6 Å². The number of esters is 2. The number of nitro benzene ring substituents is 1. The van der Waals surface area contributed by atoms with Gasteiger partial charge in [-0.2, -0.15) is 0 Å². The molecule has 8 heterocycles. The molecule has 0 bridgehead atoms. The molecule has 0 fully saturated rings. The zero-order chi connectivity index (χ0) is 41.0. The van der Waals surface area contributed by atoms with Crippen LogP contribution in [-0.4, -0.2) is 46.2 Å². The zero-order valence-electron chi connectivity index (χ0n) is 30.8. The Morgan fingerprint density at radius 1 is 0.793 bits per heavy atom. The molecule has 1 unspecified atom stereocenters. The quantitative estimate of drug-likeness (QED) is 0.142. The Bertz CT molecular complexity index is 3000. The molecule has 294 valence electrons. The Kier molecular flexibility index (Phi) is 8.21. The Morgan fingerprint density at radius 2 is 1.40 bits per heavy atom. The number of hydrogen-bond donors (Lipinski definition) is 2. The number of pyridine rings is 4. The Morgan fingerprint density at radius 3 is 2.05 bits per heavy atom. The lowest BCUT2D eigenvalue weighted by Crippen LogP contribution is -2.44. The summed E-state index contributed by atoms with van der Waals surface area (Å²) in [5.41, 5.74) is 0.826. The smallest absolute Gasteiger partial charge is 0.343 e. The Hall–Kier alpha value is -6.72. The maximum Gasteiger partial charge on any atom is 0.343 e. The van der Waals surface area contributed by atoms with Crippen LogP contribution in [0.3, 0.4) is 0 Å². The minimum absolute atomic E-state index is 0.0558. The second-order valence-corrected chi connectivity index (χ2v) is 14.7. The molecule has 6 aromatic rings. The van der Waals surface area contributed by atoms with Gasteiger partial charge in [0.05, 0.1) is 74.8 Å². The highest BCUT2D eigenvalue weighted by molar-refractivity contribution is 5.91. The van der Waals surface area contributed by atoms with Crippen molar-refractivity contribution in [3.63, 3.8) is 0 Å². The van der Waals surface area contributed by atoms with Gasteiger partial charge in [0.15, 0.2) is 17.2 Å². The van der Waals surface area contributed by atoms with Gasteiger partial charge in [0.25, 0.3) is 16.8 Å². The SMILES string of the molecule is CCC1(O)CC(=O)OCc2c1cc1n(c2=O)Cc2cc3cc(F)c(F)cc3nc2-1.CC[C@@]1(O)C(=O)OCc2c1cc1n(c2=O)Cc2cc3c([N+](=O)[O-])cccc3nc2-1. The Balaban J connectivity index is 0.000000150. The van der Waals surface area contributed by atoms with Gasteiger partial charge < -0.3 is 28.8 Å². The number of carbonyl (C=O) groups excluding carboxylic acids is 2. The number of hydrogen-bond acceptors (Lipinski definition) is 12. The first kappa shape index (κ1) is 36.9. The molecule has 0 radical (unpaired) electrons. The molecule has 0 amide bonds. The fraction of sp³-hybridized carbons (Fsp3) is 0.268. The van der Waals surface area contributed by atoms with Crippen LogP contribution in [0.25, 0.3) is 44.6 Å². The Labute approximate surface area is 324 Å². The molecule has 0 saturated heterocycles. The molecule has 10 rings (SSSR count). The number of benzene rings is 2. The third-order valence-electron chi connectivity index (χ3n) is 11.5. The zero-order valence-corrected chi connectivity index (χ0v) is 30.8. The molecule has 4 aliphatic rings. The number of rotatable bonds is 3. The van der Waals surface area contributed by atoms with Gasteiger partial charge >= 0.3 is 11.9 Å². The number of non-ortho nitro benzene ring substituents is 1. The molecule has 2 N–H and O–H groups in total. The van der Waals surface area contributed by atoms with E-state index in [2.05, 4.69) is 9.97 Å². The molecule has 2 atom stereocenters. The van der Waals surface area contributed by atoms with Crippen molar-refractivity contribution in [2.24, 2.45) is 0 Å². The molecule has 4 aliphatic heterocycles. The molecular formula is C41H31F2N5O10. The topological polar surface area (TPSA) is 206 Å². The highest BCUT2D eigenvalue weighted by Gasteiger charge is 2.45. The number of cyclic esters (lactones) is 2. The predicted molar refractivity (Wildman–Crippen MR) is 200 cm³/mol. The standard InChI is InChI=1S/C21H16F2N2O4.C20H15N3O6/c1-2-21(28)7-18(26)29-9-12-13(21)5-17-19-11(8-25(17)20(12)27)3-10-4-14(22)15(23)6-16(10)24-19;1-2-20(26)13-7-16-17-10(8-22(16)18(24)12(13)9-29-19(20)25)6-11-14(21-17)4-3-5-15(11)23(27)28/h3-6,28H,2,7-9H2,1H3;3-7,26H,2,8-9H2,1H3/t;20-/m.0/s1. The minimum Gasteiger partial charge on any atom is -0.460 e. The molecule has 0 saturated carbocycles. The molecule has 4 aromatic heterocycles. The number of fused-ring (bicyclic) bond motifs is 10. The molecule has 0 aliphatic carbocycles. The van der Waals surface area contributed by atoms with Gasteiger partial charge in [-0.1, -0.05) is 19.9 Å². The first-order valence-electron chi connectivity index (χ1n) is 18.3. The number of ether oxygens (including phenoxy) is 2. The number of carbonyl (C=O) groups is 2. The van der Waals surface area contributed by atoms with Crippen molar-refractivity contribution in [2.75, 3.05) is 0 Å². The van der Waals surface area contributed by atoms with E-state index in [1.165, 1.54) is 15.2 Å². The monoisotopic (exact) mass is 791 g/mol. The number of halogens is 2. The summed E-state index contributed by atoms with van der Waals surface area (Å²) in [6, 6.07) is 13.4. The average Bonchev–Trinajstić information content (AvgIpc) is 3.71. The maximum atomic E-state index is 13.7. The lowest BCUT2D eigenvalue weighted by molar-refractivity contribution is -0.383. The highest BCUT2D eigenvalue weighted by atomic mass is 19.2. The third-order valence-corrected chi connectivity index (χ3v) is 11.5. The first-order chi connectivity index (χ1) is 27.6. The molecule has 15 nitrogen and oxygen atoms in total. The normalized spacial score (nSPS) is 19.8. The van der Waals surface area contributed by atoms with Crippen molar-refractivity contribution in [3.8, 4) is 22.8 Å². The van der Waals surface area contributed by atoms with E-state index >= 15 is 0 Å². The van der Waals surface area contributed by atoms with E-state index in [4.69, 9.17) is 9.47 Å². The summed E-state index contributed by atoms with van der Waals surface area (Å²) < 4.78 is 40.4. The number of nitro groups is 1. The largest absolute Gasteiger partial charge is 0.460 e. The van der Waals surface area contributed by atoms with Crippen LogP contribution in [-0.2, 0) is 56.6 Å². The second-order valence-electron chi connectivity index (χ2n) is 14.7. The van der Waals surface area contributed by atoms with Crippen LogP contribution in [0, 0.1) is 21.7 Å². The van der Waals surface area contributed by atoms with Crippen molar-refractivity contribution >= 4 is 39.4 Å². The summed E-state index contributed by atoms with van der Waals surface area (Å²) in [6.07, 6.45) is 0.0360. The van der Waals surface area contributed by atoms with Crippen LogP contribution in [0.2, 0.25) is 0 Å². The second kappa shape index (κ2) is 12.9. The average molecular weight is 792 g/mol. The predicted octanol–water partition coefficient (Wildman–Crippen LogP) is 4.74. The van der Waals surface area contributed by atoms with E-state index in [0.29, 0.717) is 55.8 Å². The maximum absolute atomic E-state index is 13.7. The van der Waals surface area contributed by atoms with E-state index in [9.17, 15) is 48.3 Å². The summed E-state index contributed by atoms with van der Waals surface area (Å²) in [5.74, 6) is -3.32. The van der Waals surface area contributed by atoms with Crippen LogP contribution in [0.5, 0.6) is 0 Å². The summed E-state index contributed by atoms with van der Waals surface area (Å²) >= 11 is 0. The summed E-state index contributed by atoms with van der Waals surface area (Å²) in [6.45, 7) is 3.36.